The van der Waals surface area contributed by atoms with Gasteiger partial charge in [-0.15, -0.1) is 0 Å². The quantitative estimate of drug-likeness (QED) is 0.419. The third-order valence-electron chi connectivity index (χ3n) is 4.83. The Labute approximate surface area is 163 Å². The standard InChI is InChI=1S/C24H21NO3/c26-24(27)23-21(20-9-4-5-11-22(20)25-23)10-6-16-28-19-14-12-18(13-15-19)17-7-2-1-3-8-17/h1-5,7-9,11-15,25H,6,10,16H2,(H,26,27). The largest absolute Gasteiger partial charge is 0.494 e. The first-order valence-electron chi connectivity index (χ1n) is 9.33. The molecule has 1 aromatic heterocycles. The Balaban J connectivity index is 1.38. The molecule has 0 bridgehead atoms. The molecule has 0 atom stereocenters. The number of ether oxygens (including phenoxy) is 1. The number of fused-ring (bicyclic) bond motifs is 1. The summed E-state index contributed by atoms with van der Waals surface area (Å²) in [6.07, 6.45) is 1.39. The smallest absolute Gasteiger partial charge is 0.352 e. The number of aromatic amines is 1. The lowest BCUT2D eigenvalue weighted by atomic mass is 10.1. The van der Waals surface area contributed by atoms with Gasteiger partial charge in [-0.25, -0.2) is 4.79 Å². The fourth-order valence-corrected chi connectivity index (χ4v) is 3.46. The van der Waals surface area contributed by atoms with E-state index in [1.165, 1.54) is 5.56 Å². The highest BCUT2D eigenvalue weighted by molar-refractivity contribution is 5.97. The van der Waals surface area contributed by atoms with Crippen molar-refractivity contribution in [1.82, 2.24) is 4.98 Å². The van der Waals surface area contributed by atoms with Crippen LogP contribution in [0.5, 0.6) is 5.75 Å². The fourth-order valence-electron chi connectivity index (χ4n) is 3.46. The molecule has 2 N–H and O–H groups in total. The Morgan fingerprint density at radius 3 is 2.29 bits per heavy atom. The monoisotopic (exact) mass is 371 g/mol. The molecule has 0 spiro atoms. The second-order valence-electron chi connectivity index (χ2n) is 6.67. The van der Waals surface area contributed by atoms with Crippen LogP contribution in [0.1, 0.15) is 22.5 Å². The maximum atomic E-state index is 11.5. The van der Waals surface area contributed by atoms with Crippen molar-refractivity contribution < 1.29 is 14.6 Å². The van der Waals surface area contributed by atoms with Crippen LogP contribution in [-0.2, 0) is 6.42 Å². The van der Waals surface area contributed by atoms with Crippen molar-refractivity contribution in [2.45, 2.75) is 12.8 Å². The maximum absolute atomic E-state index is 11.5. The van der Waals surface area contributed by atoms with Crippen LogP contribution in [0, 0.1) is 0 Å². The number of para-hydroxylation sites is 1. The number of aryl methyl sites for hydroxylation is 1. The zero-order chi connectivity index (χ0) is 19.3. The lowest BCUT2D eigenvalue weighted by Gasteiger charge is -2.08. The second kappa shape index (κ2) is 8.01. The van der Waals surface area contributed by atoms with Gasteiger partial charge < -0.3 is 14.8 Å². The number of carbonyl (C=O) groups is 1. The number of hydrogen-bond acceptors (Lipinski definition) is 2. The Morgan fingerprint density at radius 1 is 0.857 bits per heavy atom. The Kier molecular flexibility index (Phi) is 5.11. The molecular formula is C24H21NO3. The molecule has 0 fully saturated rings. The van der Waals surface area contributed by atoms with Crippen LogP contribution in [0.2, 0.25) is 0 Å². The minimum absolute atomic E-state index is 0.272. The number of aromatic nitrogens is 1. The van der Waals surface area contributed by atoms with Gasteiger partial charge >= 0.3 is 5.97 Å². The second-order valence-corrected chi connectivity index (χ2v) is 6.67. The van der Waals surface area contributed by atoms with Gasteiger partial charge in [-0.3, -0.25) is 0 Å². The SMILES string of the molecule is O=C(O)c1[nH]c2ccccc2c1CCCOc1ccc(-c2ccccc2)cc1. The van der Waals surface area contributed by atoms with Crippen LogP contribution >= 0.6 is 0 Å². The predicted molar refractivity (Wildman–Crippen MR) is 111 cm³/mol. The van der Waals surface area contributed by atoms with E-state index in [9.17, 15) is 9.90 Å². The number of aromatic carboxylic acids is 1. The predicted octanol–water partition coefficient (Wildman–Crippen LogP) is 5.54. The summed E-state index contributed by atoms with van der Waals surface area (Å²) in [7, 11) is 0. The van der Waals surface area contributed by atoms with E-state index in [4.69, 9.17) is 4.74 Å². The van der Waals surface area contributed by atoms with E-state index in [-0.39, 0.29) is 5.69 Å². The first-order chi connectivity index (χ1) is 13.7. The van der Waals surface area contributed by atoms with E-state index < -0.39 is 5.97 Å². The van der Waals surface area contributed by atoms with Crippen molar-refractivity contribution in [3.05, 3.63) is 90.1 Å². The first-order valence-corrected chi connectivity index (χ1v) is 9.33. The summed E-state index contributed by atoms with van der Waals surface area (Å²) < 4.78 is 5.85. The lowest BCUT2D eigenvalue weighted by molar-refractivity contribution is 0.0690. The van der Waals surface area contributed by atoms with E-state index in [2.05, 4.69) is 17.1 Å². The molecule has 28 heavy (non-hydrogen) atoms. The third kappa shape index (κ3) is 3.76. The fraction of sp³-hybridized carbons (Fsp3) is 0.125. The van der Waals surface area contributed by atoms with E-state index in [1.54, 1.807) is 0 Å². The zero-order valence-corrected chi connectivity index (χ0v) is 15.4. The molecule has 4 aromatic rings. The van der Waals surface area contributed by atoms with Crippen molar-refractivity contribution in [3.63, 3.8) is 0 Å². The van der Waals surface area contributed by atoms with Gasteiger partial charge in [0.15, 0.2) is 0 Å². The molecule has 4 heteroatoms. The number of carboxylic acids is 1. The summed E-state index contributed by atoms with van der Waals surface area (Å²) in [5, 5.41) is 10.4. The summed E-state index contributed by atoms with van der Waals surface area (Å²) in [5.74, 6) is -0.110. The average molecular weight is 371 g/mol. The number of benzene rings is 3. The van der Waals surface area contributed by atoms with Gasteiger partial charge in [0.05, 0.1) is 6.61 Å². The van der Waals surface area contributed by atoms with Crippen molar-refractivity contribution in [3.8, 4) is 16.9 Å². The molecule has 0 saturated heterocycles. The molecule has 140 valence electrons. The summed E-state index contributed by atoms with van der Waals surface area (Å²) in [6, 6.07) is 25.9. The molecule has 3 aromatic carbocycles. The summed E-state index contributed by atoms with van der Waals surface area (Å²) >= 11 is 0. The highest BCUT2D eigenvalue weighted by Gasteiger charge is 2.16. The maximum Gasteiger partial charge on any atom is 0.352 e. The molecule has 0 amide bonds. The molecule has 4 rings (SSSR count). The number of H-pyrrole nitrogens is 1. The molecule has 0 unspecified atom stereocenters. The topological polar surface area (TPSA) is 62.3 Å². The summed E-state index contributed by atoms with van der Waals surface area (Å²) in [6.45, 7) is 0.531. The van der Waals surface area contributed by atoms with Gasteiger partial charge in [0.2, 0.25) is 0 Å². The molecule has 0 radical (unpaired) electrons. The number of hydrogen-bond donors (Lipinski definition) is 2. The molecule has 0 aliphatic rings. The van der Waals surface area contributed by atoms with Crippen LogP contribution in [0.3, 0.4) is 0 Å². The minimum Gasteiger partial charge on any atom is -0.494 e. The van der Waals surface area contributed by atoms with Crippen molar-refractivity contribution >= 4 is 16.9 Å². The molecular weight excluding hydrogens is 350 g/mol. The van der Waals surface area contributed by atoms with Crippen LogP contribution in [0.4, 0.5) is 0 Å². The molecule has 4 nitrogen and oxygen atoms in total. The van der Waals surface area contributed by atoms with Gasteiger partial charge in [0.25, 0.3) is 0 Å². The zero-order valence-electron chi connectivity index (χ0n) is 15.4. The molecule has 0 aliphatic carbocycles. The van der Waals surface area contributed by atoms with Crippen LogP contribution in [-0.4, -0.2) is 22.7 Å². The van der Waals surface area contributed by atoms with E-state index in [0.29, 0.717) is 13.0 Å². The van der Waals surface area contributed by atoms with E-state index >= 15 is 0 Å². The highest BCUT2D eigenvalue weighted by Crippen LogP contribution is 2.25. The average Bonchev–Trinajstić information content (AvgIpc) is 3.11. The number of rotatable bonds is 7. The third-order valence-corrected chi connectivity index (χ3v) is 4.83. The normalized spacial score (nSPS) is 10.9. The number of nitrogens with one attached hydrogen (secondary N) is 1. The Hall–Kier alpha value is -3.53. The van der Waals surface area contributed by atoms with E-state index in [0.717, 1.165) is 34.2 Å². The van der Waals surface area contributed by atoms with Crippen molar-refractivity contribution in [2.75, 3.05) is 6.61 Å². The lowest BCUT2D eigenvalue weighted by Crippen LogP contribution is -2.04. The number of carboxylic acid groups (broad SMARTS) is 1. The van der Waals surface area contributed by atoms with Crippen LogP contribution < -0.4 is 4.74 Å². The molecule has 0 saturated carbocycles. The van der Waals surface area contributed by atoms with Gasteiger partial charge in [-0.05, 0) is 47.7 Å². The van der Waals surface area contributed by atoms with Crippen LogP contribution in [0.15, 0.2) is 78.9 Å². The van der Waals surface area contributed by atoms with E-state index in [1.807, 2.05) is 66.7 Å². The first kappa shape index (κ1) is 17.9. The van der Waals surface area contributed by atoms with Crippen molar-refractivity contribution in [1.29, 1.82) is 0 Å². The van der Waals surface area contributed by atoms with Gasteiger partial charge in [0, 0.05) is 10.9 Å². The van der Waals surface area contributed by atoms with Crippen molar-refractivity contribution in [2.24, 2.45) is 0 Å². The van der Waals surface area contributed by atoms with Gasteiger partial charge in [-0.2, -0.15) is 0 Å². The Morgan fingerprint density at radius 2 is 1.54 bits per heavy atom. The molecule has 1 heterocycles. The minimum atomic E-state index is -0.927. The Bertz CT molecular complexity index is 1080. The summed E-state index contributed by atoms with van der Waals surface area (Å²) in [4.78, 5) is 14.5. The summed E-state index contributed by atoms with van der Waals surface area (Å²) in [5.41, 5.74) is 4.29. The highest BCUT2D eigenvalue weighted by atomic mass is 16.5. The molecule has 0 aliphatic heterocycles. The van der Waals surface area contributed by atoms with Gasteiger partial charge in [-0.1, -0.05) is 60.7 Å². The van der Waals surface area contributed by atoms with Crippen LogP contribution in [0.25, 0.3) is 22.0 Å². The van der Waals surface area contributed by atoms with Gasteiger partial charge in [0.1, 0.15) is 11.4 Å².